The molecule has 0 amide bonds. The molecule has 0 radical (unpaired) electrons. The summed E-state index contributed by atoms with van der Waals surface area (Å²) >= 11 is 3.47. The third kappa shape index (κ3) is 5.79. The Morgan fingerprint density at radius 3 is 2.08 bits per heavy atom. The fourth-order valence-corrected chi connectivity index (χ4v) is 8.93. The van der Waals surface area contributed by atoms with Crippen molar-refractivity contribution in [2.75, 3.05) is 6.61 Å². The second-order valence-corrected chi connectivity index (χ2v) is 14.6. The molecule has 37 heavy (non-hydrogen) atoms. The quantitative estimate of drug-likeness (QED) is 0.191. The fourth-order valence-electron chi connectivity index (χ4n) is 4.88. The van der Waals surface area contributed by atoms with Gasteiger partial charge in [-0.2, -0.15) is 0 Å². The highest BCUT2D eigenvalue weighted by atomic mass is 79.9. The lowest BCUT2D eigenvalue weighted by Crippen LogP contribution is -2.65. The molecule has 0 aliphatic carbocycles. The Balaban J connectivity index is 1.60. The molecule has 0 aliphatic rings. The molecule has 7 heteroatoms. The summed E-state index contributed by atoms with van der Waals surface area (Å²) in [6.07, 6.45) is 3.46. The van der Waals surface area contributed by atoms with Crippen LogP contribution in [0, 0.1) is 0 Å². The number of aryl methyl sites for hydroxylation is 1. The zero-order valence-electron chi connectivity index (χ0n) is 21.5. The predicted molar refractivity (Wildman–Crippen MR) is 155 cm³/mol. The normalized spacial score (nSPS) is 11.9. The minimum Gasteiger partial charge on any atom is -0.460 e. The van der Waals surface area contributed by atoms with E-state index in [-0.39, 0.29) is 5.04 Å². The number of benzene rings is 3. The monoisotopic (exact) mass is 576 g/mol. The van der Waals surface area contributed by atoms with Crippen molar-refractivity contribution in [3.63, 3.8) is 0 Å². The van der Waals surface area contributed by atoms with Crippen LogP contribution in [0.25, 0.3) is 11.3 Å². The predicted octanol–water partition coefficient (Wildman–Crippen LogP) is 5.80. The standard InChI is InChI=1S/C30H33BrN2O3Si/c1-4-36-29(34)28-32-27(23-16-18-24(31)19-17-23)22-33(28)21-11-20-30(2,3)37(35,25-12-7-5-8-13-25)26-14-9-6-10-15-26/h5-10,12-19,22,35H,4,11,20-21H2,1-3H3. The summed E-state index contributed by atoms with van der Waals surface area (Å²) in [6, 6.07) is 28.0. The summed E-state index contributed by atoms with van der Waals surface area (Å²) in [7, 11) is -3.09. The maximum Gasteiger partial charge on any atom is 0.374 e. The molecule has 5 nitrogen and oxygen atoms in total. The molecule has 3 aromatic carbocycles. The van der Waals surface area contributed by atoms with Crippen LogP contribution in [0.5, 0.6) is 0 Å². The molecular formula is C30H33BrN2O3Si. The van der Waals surface area contributed by atoms with Gasteiger partial charge in [-0.3, -0.25) is 0 Å². The van der Waals surface area contributed by atoms with Crippen molar-refractivity contribution in [2.45, 2.75) is 45.2 Å². The van der Waals surface area contributed by atoms with E-state index in [0.717, 1.165) is 38.9 Å². The molecule has 0 saturated carbocycles. The number of hydrogen-bond acceptors (Lipinski definition) is 4. The number of carbonyl (C=O) groups excluding carboxylic acids is 1. The van der Waals surface area contributed by atoms with Gasteiger partial charge in [-0.1, -0.05) is 103 Å². The minimum atomic E-state index is -3.09. The van der Waals surface area contributed by atoms with Crippen LogP contribution in [0.3, 0.4) is 0 Å². The maximum atomic E-state index is 12.7. The average Bonchev–Trinajstić information content (AvgIpc) is 3.34. The van der Waals surface area contributed by atoms with Crippen LogP contribution in [0.15, 0.2) is 95.6 Å². The van der Waals surface area contributed by atoms with Crippen molar-refractivity contribution < 1.29 is 14.3 Å². The second kappa shape index (κ2) is 11.6. The average molecular weight is 578 g/mol. The lowest BCUT2D eigenvalue weighted by atomic mass is 10.1. The molecule has 0 unspecified atom stereocenters. The van der Waals surface area contributed by atoms with Gasteiger partial charge in [-0.15, -0.1) is 0 Å². The summed E-state index contributed by atoms with van der Waals surface area (Å²) in [5, 5.41) is 1.63. The number of rotatable bonds is 10. The van der Waals surface area contributed by atoms with Gasteiger partial charge in [0.15, 0.2) is 0 Å². The van der Waals surface area contributed by atoms with E-state index in [1.165, 1.54) is 0 Å². The second-order valence-electron chi connectivity index (χ2n) is 9.80. The van der Waals surface area contributed by atoms with E-state index in [0.29, 0.717) is 19.0 Å². The molecule has 0 atom stereocenters. The summed E-state index contributed by atoms with van der Waals surface area (Å²) < 4.78 is 8.16. The molecule has 0 aliphatic heterocycles. The van der Waals surface area contributed by atoms with Gasteiger partial charge in [0.2, 0.25) is 5.82 Å². The third-order valence-electron chi connectivity index (χ3n) is 6.94. The highest BCUT2D eigenvalue weighted by Crippen LogP contribution is 2.40. The van der Waals surface area contributed by atoms with Crippen LogP contribution < -0.4 is 10.4 Å². The molecule has 4 aromatic rings. The van der Waals surface area contributed by atoms with Gasteiger partial charge in [-0.05, 0) is 47.3 Å². The number of halogens is 1. The molecule has 1 heterocycles. The Morgan fingerprint density at radius 2 is 1.54 bits per heavy atom. The van der Waals surface area contributed by atoms with E-state index in [1.54, 1.807) is 6.92 Å². The molecule has 1 aromatic heterocycles. The van der Waals surface area contributed by atoms with Crippen LogP contribution in [-0.4, -0.2) is 35.2 Å². The Bertz CT molecular complexity index is 1280. The van der Waals surface area contributed by atoms with Crippen molar-refractivity contribution in [3.05, 3.63) is 101 Å². The first-order valence-electron chi connectivity index (χ1n) is 12.6. The summed E-state index contributed by atoms with van der Waals surface area (Å²) in [4.78, 5) is 29.7. The number of imidazole rings is 1. The topological polar surface area (TPSA) is 64.3 Å². The number of ether oxygens (including phenoxy) is 1. The molecular weight excluding hydrogens is 544 g/mol. The van der Waals surface area contributed by atoms with E-state index in [1.807, 2.05) is 95.7 Å². The molecule has 0 saturated heterocycles. The van der Waals surface area contributed by atoms with Crippen LogP contribution in [0.4, 0.5) is 0 Å². The number of nitrogens with zero attached hydrogens (tertiary/aromatic N) is 2. The highest BCUT2D eigenvalue weighted by Gasteiger charge is 2.49. The van der Waals surface area contributed by atoms with Crippen LogP contribution in [0.1, 0.15) is 44.2 Å². The first kappa shape index (κ1) is 27.0. The smallest absolute Gasteiger partial charge is 0.374 e. The zero-order valence-corrected chi connectivity index (χ0v) is 24.1. The van der Waals surface area contributed by atoms with Gasteiger partial charge in [0, 0.05) is 22.8 Å². The SMILES string of the molecule is CCOC(=O)c1nc(-c2ccc(Br)cc2)cn1CCCC(C)(C)[Si](O)(c1ccccc1)c1ccccc1. The van der Waals surface area contributed by atoms with Crippen molar-refractivity contribution in [1.29, 1.82) is 0 Å². The van der Waals surface area contributed by atoms with Gasteiger partial charge in [0.1, 0.15) is 0 Å². The molecule has 0 spiro atoms. The van der Waals surface area contributed by atoms with Gasteiger partial charge in [-0.25, -0.2) is 9.78 Å². The van der Waals surface area contributed by atoms with Crippen LogP contribution in [0.2, 0.25) is 5.04 Å². The van der Waals surface area contributed by atoms with Crippen molar-refractivity contribution in [1.82, 2.24) is 9.55 Å². The molecule has 0 bridgehead atoms. The lowest BCUT2D eigenvalue weighted by molar-refractivity contribution is 0.0506. The molecule has 4 rings (SSSR count). The Hall–Kier alpha value is -3.00. The summed E-state index contributed by atoms with van der Waals surface area (Å²) in [5.74, 6) is -0.124. The van der Waals surface area contributed by atoms with E-state index in [2.05, 4.69) is 34.8 Å². The Labute approximate surface area is 228 Å². The van der Waals surface area contributed by atoms with E-state index in [4.69, 9.17) is 4.74 Å². The number of esters is 1. The highest BCUT2D eigenvalue weighted by molar-refractivity contribution is 9.10. The Morgan fingerprint density at radius 1 is 0.973 bits per heavy atom. The van der Waals surface area contributed by atoms with Gasteiger partial charge < -0.3 is 14.1 Å². The van der Waals surface area contributed by atoms with Gasteiger partial charge >= 0.3 is 5.97 Å². The van der Waals surface area contributed by atoms with Crippen molar-refractivity contribution in [2.24, 2.45) is 0 Å². The molecule has 0 fully saturated rings. The van der Waals surface area contributed by atoms with E-state index >= 15 is 0 Å². The summed E-state index contributed by atoms with van der Waals surface area (Å²) in [6.45, 7) is 7.00. The van der Waals surface area contributed by atoms with E-state index in [9.17, 15) is 9.59 Å². The van der Waals surface area contributed by atoms with Crippen molar-refractivity contribution in [3.8, 4) is 11.3 Å². The van der Waals surface area contributed by atoms with Gasteiger partial charge in [0.05, 0.1) is 12.3 Å². The maximum absolute atomic E-state index is 12.7. The molecule has 1 N–H and O–H groups in total. The lowest BCUT2D eigenvalue weighted by Gasteiger charge is -2.41. The Kier molecular flexibility index (Phi) is 8.47. The van der Waals surface area contributed by atoms with Crippen LogP contribution in [-0.2, 0) is 11.3 Å². The summed E-state index contributed by atoms with van der Waals surface area (Å²) in [5.41, 5.74) is 1.66. The van der Waals surface area contributed by atoms with Crippen LogP contribution >= 0.6 is 15.9 Å². The number of carbonyl (C=O) groups is 1. The van der Waals surface area contributed by atoms with Crippen molar-refractivity contribution >= 4 is 40.6 Å². The third-order valence-corrected chi connectivity index (χ3v) is 12.0. The fraction of sp³-hybridized carbons (Fsp3) is 0.267. The zero-order chi connectivity index (χ0) is 26.5. The largest absolute Gasteiger partial charge is 0.460 e. The van der Waals surface area contributed by atoms with E-state index < -0.39 is 14.3 Å². The minimum absolute atomic E-state index is 0.291. The number of hydrogen-bond donors (Lipinski definition) is 1. The first-order valence-corrected chi connectivity index (χ1v) is 15.3. The number of aromatic nitrogens is 2. The van der Waals surface area contributed by atoms with Gasteiger partial charge in [0.25, 0.3) is 8.32 Å². The molecule has 192 valence electrons. The first-order chi connectivity index (χ1) is 17.8.